The molecule has 0 unspecified atom stereocenters. The zero-order valence-electron chi connectivity index (χ0n) is 11.5. The minimum Gasteiger partial charge on any atom is -0.482 e. The number of nitrogens with two attached hydrogens (primary N) is 1. The molecule has 0 bridgehead atoms. The van der Waals surface area contributed by atoms with Crippen molar-refractivity contribution in [2.24, 2.45) is 5.73 Å². The minimum absolute atomic E-state index is 0.0495. The van der Waals surface area contributed by atoms with E-state index in [1.165, 1.54) is 5.56 Å². The first-order valence-electron chi connectivity index (χ1n) is 7.02. The molecular formula is C15H22N2O2. The highest BCUT2D eigenvalue weighted by molar-refractivity contribution is 5.97. The van der Waals surface area contributed by atoms with Crippen molar-refractivity contribution in [3.63, 3.8) is 0 Å². The Balaban J connectivity index is 2.18. The molecule has 19 heavy (non-hydrogen) atoms. The van der Waals surface area contributed by atoms with E-state index in [0.717, 1.165) is 50.2 Å². The van der Waals surface area contributed by atoms with E-state index < -0.39 is 0 Å². The lowest BCUT2D eigenvalue weighted by Crippen LogP contribution is -2.39. The third-order valence-electron chi connectivity index (χ3n) is 3.33. The number of nitrogens with zero attached hydrogens (tertiary/aromatic N) is 1. The first kappa shape index (κ1) is 13.9. The Labute approximate surface area is 114 Å². The van der Waals surface area contributed by atoms with Crippen LogP contribution in [0.4, 0.5) is 5.69 Å². The molecule has 2 N–H and O–H groups in total. The van der Waals surface area contributed by atoms with E-state index in [2.05, 4.69) is 19.1 Å². The molecule has 104 valence electrons. The lowest BCUT2D eigenvalue weighted by Gasteiger charge is -2.29. The average molecular weight is 262 g/mol. The van der Waals surface area contributed by atoms with Crippen molar-refractivity contribution in [3.05, 3.63) is 23.8 Å². The van der Waals surface area contributed by atoms with Gasteiger partial charge in [0.15, 0.2) is 6.61 Å². The van der Waals surface area contributed by atoms with Crippen molar-refractivity contribution in [1.82, 2.24) is 0 Å². The fourth-order valence-electron chi connectivity index (χ4n) is 2.35. The molecule has 0 fully saturated rings. The zero-order chi connectivity index (χ0) is 13.7. The molecule has 1 amide bonds. The Kier molecular flexibility index (Phi) is 4.80. The molecule has 0 radical (unpaired) electrons. The summed E-state index contributed by atoms with van der Waals surface area (Å²) in [6, 6.07) is 6.13. The molecule has 2 rings (SSSR count). The van der Waals surface area contributed by atoms with Crippen LogP contribution in [0.3, 0.4) is 0 Å². The Bertz CT molecular complexity index is 446. The summed E-state index contributed by atoms with van der Waals surface area (Å²) < 4.78 is 5.48. The van der Waals surface area contributed by atoms with Gasteiger partial charge >= 0.3 is 0 Å². The Hall–Kier alpha value is -1.55. The van der Waals surface area contributed by atoms with E-state index in [-0.39, 0.29) is 12.5 Å². The van der Waals surface area contributed by atoms with Crippen LogP contribution >= 0.6 is 0 Å². The predicted octanol–water partition coefficient (Wildman–Crippen LogP) is 2.10. The maximum absolute atomic E-state index is 11.9. The van der Waals surface area contributed by atoms with Crippen molar-refractivity contribution in [1.29, 1.82) is 0 Å². The second-order valence-electron chi connectivity index (χ2n) is 4.88. The molecule has 1 heterocycles. The monoisotopic (exact) mass is 262 g/mol. The van der Waals surface area contributed by atoms with Gasteiger partial charge in [0.05, 0.1) is 5.69 Å². The molecular weight excluding hydrogens is 240 g/mol. The van der Waals surface area contributed by atoms with Gasteiger partial charge in [-0.25, -0.2) is 0 Å². The SMILES string of the molecule is CCCN1C(=O)COc2ccc(CCCCN)cc21. The van der Waals surface area contributed by atoms with Crippen LogP contribution in [0.5, 0.6) is 5.75 Å². The van der Waals surface area contributed by atoms with Gasteiger partial charge in [-0.2, -0.15) is 0 Å². The molecule has 0 saturated carbocycles. The predicted molar refractivity (Wildman–Crippen MR) is 76.6 cm³/mol. The zero-order valence-corrected chi connectivity index (χ0v) is 11.5. The topological polar surface area (TPSA) is 55.6 Å². The van der Waals surface area contributed by atoms with Gasteiger partial charge in [-0.15, -0.1) is 0 Å². The smallest absolute Gasteiger partial charge is 0.265 e. The van der Waals surface area contributed by atoms with Crippen molar-refractivity contribution in [2.75, 3.05) is 24.6 Å². The second kappa shape index (κ2) is 6.57. The molecule has 1 aromatic carbocycles. The van der Waals surface area contributed by atoms with E-state index >= 15 is 0 Å². The number of hydrogen-bond acceptors (Lipinski definition) is 3. The number of carbonyl (C=O) groups is 1. The molecule has 1 aliphatic rings. The van der Waals surface area contributed by atoms with E-state index in [9.17, 15) is 4.79 Å². The summed E-state index contributed by atoms with van der Waals surface area (Å²) in [7, 11) is 0. The standard InChI is InChI=1S/C15H22N2O2/c1-2-9-17-13-10-12(5-3-4-8-16)6-7-14(13)19-11-15(17)18/h6-7,10H,2-5,8-9,11,16H2,1H3. The van der Waals surface area contributed by atoms with Gasteiger partial charge in [0.1, 0.15) is 5.75 Å². The molecule has 0 atom stereocenters. The summed E-state index contributed by atoms with van der Waals surface area (Å²) in [5.41, 5.74) is 7.67. The molecule has 0 spiro atoms. The van der Waals surface area contributed by atoms with E-state index in [4.69, 9.17) is 10.5 Å². The highest BCUT2D eigenvalue weighted by atomic mass is 16.5. The Morgan fingerprint density at radius 3 is 2.95 bits per heavy atom. The quantitative estimate of drug-likeness (QED) is 0.799. The first-order chi connectivity index (χ1) is 9.26. The lowest BCUT2D eigenvalue weighted by atomic mass is 10.1. The summed E-state index contributed by atoms with van der Waals surface area (Å²) in [6.45, 7) is 3.71. The molecule has 1 aromatic rings. The fourth-order valence-corrected chi connectivity index (χ4v) is 2.35. The van der Waals surface area contributed by atoms with E-state index in [0.29, 0.717) is 0 Å². The van der Waals surface area contributed by atoms with Crippen molar-refractivity contribution >= 4 is 11.6 Å². The second-order valence-corrected chi connectivity index (χ2v) is 4.88. The number of carbonyl (C=O) groups excluding carboxylic acids is 1. The lowest BCUT2D eigenvalue weighted by molar-refractivity contribution is -0.121. The van der Waals surface area contributed by atoms with Crippen LogP contribution in [-0.2, 0) is 11.2 Å². The summed E-state index contributed by atoms with van der Waals surface area (Å²) in [5, 5.41) is 0. The maximum atomic E-state index is 11.9. The number of aryl methyl sites for hydroxylation is 1. The van der Waals surface area contributed by atoms with Gasteiger partial charge in [0.25, 0.3) is 5.91 Å². The first-order valence-corrected chi connectivity index (χ1v) is 7.02. The largest absolute Gasteiger partial charge is 0.482 e. The number of anilines is 1. The van der Waals surface area contributed by atoms with E-state index in [1.807, 2.05) is 11.0 Å². The molecule has 1 aliphatic heterocycles. The van der Waals surface area contributed by atoms with Crippen LogP contribution in [0.15, 0.2) is 18.2 Å². The summed E-state index contributed by atoms with van der Waals surface area (Å²) in [5.74, 6) is 0.865. The highest BCUT2D eigenvalue weighted by Gasteiger charge is 2.24. The Morgan fingerprint density at radius 2 is 2.21 bits per heavy atom. The fraction of sp³-hybridized carbons (Fsp3) is 0.533. The number of unbranched alkanes of at least 4 members (excludes halogenated alkanes) is 1. The number of benzene rings is 1. The number of rotatable bonds is 6. The van der Waals surface area contributed by atoms with Gasteiger partial charge in [-0.05, 0) is 49.9 Å². The molecule has 0 aromatic heterocycles. The highest BCUT2D eigenvalue weighted by Crippen LogP contribution is 2.33. The van der Waals surface area contributed by atoms with Crippen molar-refractivity contribution in [3.8, 4) is 5.75 Å². The van der Waals surface area contributed by atoms with Gasteiger partial charge in [-0.3, -0.25) is 4.79 Å². The number of ether oxygens (including phenoxy) is 1. The van der Waals surface area contributed by atoms with Gasteiger partial charge in [0.2, 0.25) is 0 Å². The molecule has 4 nitrogen and oxygen atoms in total. The summed E-state index contributed by atoms with van der Waals surface area (Å²) in [4.78, 5) is 13.7. The third-order valence-corrected chi connectivity index (χ3v) is 3.33. The summed E-state index contributed by atoms with van der Waals surface area (Å²) in [6.07, 6.45) is 4.06. The molecule has 0 saturated heterocycles. The average Bonchev–Trinajstić information content (AvgIpc) is 2.42. The van der Waals surface area contributed by atoms with Gasteiger partial charge in [-0.1, -0.05) is 13.0 Å². The van der Waals surface area contributed by atoms with Crippen LogP contribution in [0.1, 0.15) is 31.7 Å². The van der Waals surface area contributed by atoms with E-state index in [1.54, 1.807) is 0 Å². The minimum atomic E-state index is 0.0495. The third kappa shape index (κ3) is 3.26. The number of fused-ring (bicyclic) bond motifs is 1. The van der Waals surface area contributed by atoms with Crippen molar-refractivity contribution < 1.29 is 9.53 Å². The maximum Gasteiger partial charge on any atom is 0.265 e. The molecule has 0 aliphatic carbocycles. The Morgan fingerprint density at radius 1 is 1.37 bits per heavy atom. The molecule has 4 heteroatoms. The number of amides is 1. The van der Waals surface area contributed by atoms with Crippen LogP contribution in [0.2, 0.25) is 0 Å². The normalized spacial score (nSPS) is 14.2. The van der Waals surface area contributed by atoms with Crippen molar-refractivity contribution in [2.45, 2.75) is 32.6 Å². The van der Waals surface area contributed by atoms with Crippen LogP contribution in [0, 0.1) is 0 Å². The van der Waals surface area contributed by atoms with Gasteiger partial charge < -0.3 is 15.4 Å². The van der Waals surface area contributed by atoms with Crippen LogP contribution in [0.25, 0.3) is 0 Å². The number of hydrogen-bond donors (Lipinski definition) is 1. The van der Waals surface area contributed by atoms with Gasteiger partial charge in [0, 0.05) is 6.54 Å². The van der Waals surface area contributed by atoms with Crippen LogP contribution < -0.4 is 15.4 Å². The summed E-state index contributed by atoms with van der Waals surface area (Å²) >= 11 is 0. The van der Waals surface area contributed by atoms with Crippen LogP contribution in [-0.4, -0.2) is 25.6 Å².